The fraction of sp³-hybridized carbons (Fsp3) is 0.263. The standard InChI is InChI=1S/C19H20N2O3/c20-14-8-6-13-17-12(14)7-9-15(24-10-16(22)23)19(17)21-18(13)11-4-2-1-3-5-11/h1-5,7,9,14,16,21-23H,6,8,10,20H2. The van der Waals surface area contributed by atoms with Crippen LogP contribution in [-0.2, 0) is 6.42 Å². The molecule has 0 amide bonds. The van der Waals surface area contributed by atoms with Crippen molar-refractivity contribution in [1.82, 2.24) is 4.98 Å². The normalized spacial score (nSPS) is 16.8. The first kappa shape index (κ1) is 15.2. The lowest BCUT2D eigenvalue weighted by Crippen LogP contribution is -2.17. The minimum atomic E-state index is -1.50. The first-order chi connectivity index (χ1) is 11.6. The van der Waals surface area contributed by atoms with Crippen molar-refractivity contribution in [3.63, 3.8) is 0 Å². The molecule has 0 bridgehead atoms. The third-order valence-electron chi connectivity index (χ3n) is 4.61. The van der Waals surface area contributed by atoms with Crippen LogP contribution in [0.5, 0.6) is 5.75 Å². The van der Waals surface area contributed by atoms with Gasteiger partial charge in [-0.05, 0) is 35.6 Å². The van der Waals surface area contributed by atoms with Crippen molar-refractivity contribution in [3.8, 4) is 17.0 Å². The van der Waals surface area contributed by atoms with E-state index in [0.717, 1.165) is 40.6 Å². The Bertz CT molecular complexity index is 871. The summed E-state index contributed by atoms with van der Waals surface area (Å²) in [5.74, 6) is 0.611. The van der Waals surface area contributed by atoms with Gasteiger partial charge >= 0.3 is 0 Å². The van der Waals surface area contributed by atoms with E-state index in [4.69, 9.17) is 20.7 Å². The van der Waals surface area contributed by atoms with Crippen LogP contribution in [-0.4, -0.2) is 28.1 Å². The summed E-state index contributed by atoms with van der Waals surface area (Å²) in [6.07, 6.45) is 0.317. The summed E-state index contributed by atoms with van der Waals surface area (Å²) in [6, 6.07) is 14.0. The summed E-state index contributed by atoms with van der Waals surface area (Å²) >= 11 is 0. The van der Waals surface area contributed by atoms with Crippen LogP contribution in [0, 0.1) is 0 Å². The molecule has 0 saturated heterocycles. The maximum absolute atomic E-state index is 9.08. The predicted molar refractivity (Wildman–Crippen MR) is 92.7 cm³/mol. The van der Waals surface area contributed by atoms with E-state index < -0.39 is 6.29 Å². The summed E-state index contributed by atoms with van der Waals surface area (Å²) in [5, 5.41) is 19.3. The Kier molecular flexibility index (Phi) is 3.76. The molecule has 2 aromatic carbocycles. The zero-order valence-corrected chi connectivity index (χ0v) is 13.2. The molecule has 1 aliphatic carbocycles. The molecule has 5 nitrogen and oxygen atoms in total. The molecule has 0 aliphatic heterocycles. The molecule has 1 heterocycles. The average molecular weight is 324 g/mol. The number of benzene rings is 2. The molecule has 3 aromatic rings. The monoisotopic (exact) mass is 324 g/mol. The fourth-order valence-corrected chi connectivity index (χ4v) is 3.52. The van der Waals surface area contributed by atoms with Crippen molar-refractivity contribution in [2.75, 3.05) is 6.61 Å². The molecule has 0 spiro atoms. The lowest BCUT2D eigenvalue weighted by molar-refractivity contribution is -0.0678. The molecule has 1 aliphatic rings. The maximum Gasteiger partial charge on any atom is 0.186 e. The second-order valence-electron chi connectivity index (χ2n) is 6.18. The molecule has 0 radical (unpaired) electrons. The average Bonchev–Trinajstić information content (AvgIpc) is 2.98. The number of aliphatic hydroxyl groups is 2. The summed E-state index contributed by atoms with van der Waals surface area (Å²) in [7, 11) is 0. The van der Waals surface area contributed by atoms with Gasteiger partial charge in [-0.3, -0.25) is 0 Å². The van der Waals surface area contributed by atoms with E-state index in [1.54, 1.807) is 0 Å². The van der Waals surface area contributed by atoms with Gasteiger partial charge in [-0.15, -0.1) is 0 Å². The highest BCUT2D eigenvalue weighted by atomic mass is 16.5. The van der Waals surface area contributed by atoms with Gasteiger partial charge in [0.05, 0.1) is 5.52 Å². The molecule has 5 heteroatoms. The Labute approximate surface area is 139 Å². The Morgan fingerprint density at radius 2 is 1.96 bits per heavy atom. The number of rotatable bonds is 4. The third kappa shape index (κ3) is 2.47. The number of ether oxygens (including phenoxy) is 1. The molecule has 24 heavy (non-hydrogen) atoms. The van der Waals surface area contributed by atoms with Crippen molar-refractivity contribution >= 4 is 10.9 Å². The molecule has 0 saturated carbocycles. The fourth-order valence-electron chi connectivity index (χ4n) is 3.52. The third-order valence-corrected chi connectivity index (χ3v) is 4.61. The van der Waals surface area contributed by atoms with E-state index in [0.29, 0.717) is 5.75 Å². The Morgan fingerprint density at radius 3 is 2.71 bits per heavy atom. The van der Waals surface area contributed by atoms with Gasteiger partial charge in [0, 0.05) is 17.1 Å². The van der Waals surface area contributed by atoms with Crippen LogP contribution in [0.25, 0.3) is 22.2 Å². The smallest absolute Gasteiger partial charge is 0.186 e. The van der Waals surface area contributed by atoms with Gasteiger partial charge in [0.2, 0.25) is 0 Å². The molecule has 5 N–H and O–H groups in total. The SMILES string of the molecule is NC1CCc2c(-c3ccccc3)[nH]c3c(OCC(O)O)ccc1c23. The Balaban J connectivity index is 1.92. The predicted octanol–water partition coefficient (Wildman–Crippen LogP) is 2.47. The van der Waals surface area contributed by atoms with Crippen LogP contribution in [0.3, 0.4) is 0 Å². The van der Waals surface area contributed by atoms with Gasteiger partial charge in [-0.2, -0.15) is 0 Å². The van der Waals surface area contributed by atoms with Crippen molar-refractivity contribution in [1.29, 1.82) is 0 Å². The second-order valence-corrected chi connectivity index (χ2v) is 6.18. The van der Waals surface area contributed by atoms with E-state index in [9.17, 15) is 0 Å². The summed E-state index contributed by atoms with van der Waals surface area (Å²) in [6.45, 7) is -0.171. The van der Waals surface area contributed by atoms with Gasteiger partial charge in [-0.25, -0.2) is 0 Å². The number of aryl methyl sites for hydroxylation is 1. The number of nitrogens with one attached hydrogen (secondary N) is 1. The van der Waals surface area contributed by atoms with Gasteiger partial charge in [0.15, 0.2) is 6.29 Å². The summed E-state index contributed by atoms with van der Waals surface area (Å²) in [4.78, 5) is 3.48. The number of hydrogen-bond donors (Lipinski definition) is 4. The maximum atomic E-state index is 9.08. The molecule has 1 atom stereocenters. The number of hydrogen-bond acceptors (Lipinski definition) is 4. The van der Waals surface area contributed by atoms with Crippen LogP contribution in [0.15, 0.2) is 42.5 Å². The Hall–Kier alpha value is -2.34. The largest absolute Gasteiger partial charge is 0.486 e. The van der Waals surface area contributed by atoms with Crippen LogP contribution < -0.4 is 10.5 Å². The van der Waals surface area contributed by atoms with E-state index in [2.05, 4.69) is 17.1 Å². The first-order valence-corrected chi connectivity index (χ1v) is 8.12. The van der Waals surface area contributed by atoms with E-state index in [1.807, 2.05) is 30.3 Å². The van der Waals surface area contributed by atoms with E-state index in [-0.39, 0.29) is 12.6 Å². The number of aromatic amines is 1. The lowest BCUT2D eigenvalue weighted by atomic mass is 9.87. The molecule has 1 unspecified atom stereocenters. The zero-order valence-electron chi connectivity index (χ0n) is 13.2. The quantitative estimate of drug-likeness (QED) is 0.555. The molecule has 0 fully saturated rings. The van der Waals surface area contributed by atoms with E-state index in [1.165, 1.54) is 5.56 Å². The van der Waals surface area contributed by atoms with Crippen LogP contribution in [0.1, 0.15) is 23.6 Å². The van der Waals surface area contributed by atoms with Crippen LogP contribution in [0.4, 0.5) is 0 Å². The highest BCUT2D eigenvalue weighted by Gasteiger charge is 2.25. The molecule has 1 aromatic heterocycles. The number of nitrogens with two attached hydrogens (primary N) is 1. The second kappa shape index (κ2) is 5.94. The summed E-state index contributed by atoms with van der Waals surface area (Å²) in [5.41, 5.74) is 11.7. The van der Waals surface area contributed by atoms with E-state index >= 15 is 0 Å². The van der Waals surface area contributed by atoms with Gasteiger partial charge in [0.25, 0.3) is 0 Å². The van der Waals surface area contributed by atoms with Crippen molar-refractivity contribution in [2.45, 2.75) is 25.2 Å². The number of aliphatic hydroxyl groups excluding tert-OH is 1. The topological polar surface area (TPSA) is 91.5 Å². The highest BCUT2D eigenvalue weighted by Crippen LogP contribution is 2.43. The van der Waals surface area contributed by atoms with Gasteiger partial charge in [-0.1, -0.05) is 36.4 Å². The number of aromatic nitrogens is 1. The highest BCUT2D eigenvalue weighted by molar-refractivity contribution is 5.97. The molecular weight excluding hydrogens is 304 g/mol. The molecule has 4 rings (SSSR count). The minimum absolute atomic E-state index is 0.0110. The zero-order chi connectivity index (χ0) is 16.7. The molecule has 124 valence electrons. The minimum Gasteiger partial charge on any atom is -0.486 e. The summed E-state index contributed by atoms with van der Waals surface area (Å²) < 4.78 is 5.57. The number of H-pyrrole nitrogens is 1. The lowest BCUT2D eigenvalue weighted by Gasteiger charge is -2.21. The van der Waals surface area contributed by atoms with Crippen molar-refractivity contribution < 1.29 is 14.9 Å². The van der Waals surface area contributed by atoms with Crippen LogP contribution in [0.2, 0.25) is 0 Å². The van der Waals surface area contributed by atoms with Crippen LogP contribution >= 0.6 is 0 Å². The molecular formula is C19H20N2O3. The Morgan fingerprint density at radius 1 is 1.17 bits per heavy atom. The van der Waals surface area contributed by atoms with Crippen molar-refractivity contribution in [3.05, 3.63) is 53.6 Å². The van der Waals surface area contributed by atoms with Gasteiger partial charge in [0.1, 0.15) is 12.4 Å². The first-order valence-electron chi connectivity index (χ1n) is 8.12. The van der Waals surface area contributed by atoms with Crippen molar-refractivity contribution in [2.24, 2.45) is 5.73 Å². The van der Waals surface area contributed by atoms with Gasteiger partial charge < -0.3 is 25.7 Å².